The first kappa shape index (κ1) is 25.6. The van der Waals surface area contributed by atoms with Crippen LogP contribution in [0.4, 0.5) is 42.8 Å². The number of ether oxygens (including phenoxy) is 1. The molecule has 0 spiro atoms. The number of H-pyrrole nitrogens is 1. The summed E-state index contributed by atoms with van der Waals surface area (Å²) in [7, 11) is 0. The van der Waals surface area contributed by atoms with E-state index < -0.39 is 35.1 Å². The molecule has 0 saturated carbocycles. The molecule has 2 aromatic heterocycles. The lowest BCUT2D eigenvalue weighted by Crippen LogP contribution is -2.50. The number of alkyl halides is 6. The van der Waals surface area contributed by atoms with Gasteiger partial charge in [-0.25, -0.2) is 14.8 Å². The van der Waals surface area contributed by atoms with E-state index in [0.29, 0.717) is 31.8 Å². The summed E-state index contributed by atoms with van der Waals surface area (Å²) in [6.45, 7) is 1.42. The zero-order valence-corrected chi connectivity index (χ0v) is 18.8. The molecule has 2 aromatic rings. The second kappa shape index (κ2) is 9.85. The number of amides is 1. The number of carbonyl (C=O) groups excluding carboxylic acids is 1. The van der Waals surface area contributed by atoms with Crippen molar-refractivity contribution in [3.8, 4) is 0 Å². The lowest BCUT2D eigenvalue weighted by molar-refractivity contribution is -0.139. The van der Waals surface area contributed by atoms with Crippen molar-refractivity contribution in [1.82, 2.24) is 19.9 Å². The SMILES string of the molecule is O=C(OCC1CCCN1c1c[nH]c(=O)c(C(F)(F)F)c1)N1CCN(c2ncc(C(F)(F)F)cn2)CC1. The normalized spacial score (nSPS) is 19.1. The van der Waals surface area contributed by atoms with Crippen molar-refractivity contribution in [2.24, 2.45) is 0 Å². The Morgan fingerprint density at radius 3 is 2.31 bits per heavy atom. The molecular weight excluding hydrogens is 498 g/mol. The maximum Gasteiger partial charge on any atom is 0.421 e. The Morgan fingerprint density at radius 1 is 1.03 bits per heavy atom. The Hall–Kier alpha value is -3.52. The number of nitrogens with one attached hydrogen (secondary N) is 1. The van der Waals surface area contributed by atoms with Crippen LogP contribution in [-0.4, -0.2) is 71.3 Å². The van der Waals surface area contributed by atoms with Crippen molar-refractivity contribution in [1.29, 1.82) is 0 Å². The minimum absolute atomic E-state index is 0.0540. The number of hydrogen-bond donors (Lipinski definition) is 1. The third-order valence-electron chi connectivity index (χ3n) is 6.09. The lowest BCUT2D eigenvalue weighted by Gasteiger charge is -2.34. The van der Waals surface area contributed by atoms with E-state index in [2.05, 4.69) is 15.0 Å². The summed E-state index contributed by atoms with van der Waals surface area (Å²) >= 11 is 0. The molecule has 196 valence electrons. The highest BCUT2D eigenvalue weighted by molar-refractivity contribution is 5.68. The molecular formula is C21H22F6N6O3. The molecule has 2 aliphatic heterocycles. The molecule has 0 bridgehead atoms. The average Bonchev–Trinajstić information content (AvgIpc) is 3.30. The highest BCUT2D eigenvalue weighted by Crippen LogP contribution is 2.31. The second-order valence-electron chi connectivity index (χ2n) is 8.41. The molecule has 0 radical (unpaired) electrons. The van der Waals surface area contributed by atoms with Gasteiger partial charge in [0.15, 0.2) is 0 Å². The van der Waals surface area contributed by atoms with Crippen molar-refractivity contribution < 1.29 is 35.9 Å². The molecule has 36 heavy (non-hydrogen) atoms. The van der Waals surface area contributed by atoms with E-state index >= 15 is 0 Å². The largest absolute Gasteiger partial charge is 0.447 e. The standard InChI is InChI=1S/C21H22F6N6O3/c22-20(23,24)13-9-29-18(30-10-13)31-4-6-32(7-5-31)19(35)36-12-14-2-1-3-33(14)15-8-16(21(25,26)27)17(34)28-11-15/h8-11,14H,1-7,12H2,(H,28,34). The summed E-state index contributed by atoms with van der Waals surface area (Å²) in [5, 5.41) is 0. The number of halogens is 6. The molecule has 2 aliphatic rings. The predicted octanol–water partition coefficient (Wildman–Crippen LogP) is 3.13. The van der Waals surface area contributed by atoms with Gasteiger partial charge in [-0.1, -0.05) is 0 Å². The van der Waals surface area contributed by atoms with Crippen LogP contribution in [0.1, 0.15) is 24.0 Å². The van der Waals surface area contributed by atoms with Crippen LogP contribution >= 0.6 is 0 Å². The smallest absolute Gasteiger partial charge is 0.421 e. The van der Waals surface area contributed by atoms with Crippen molar-refractivity contribution in [3.63, 3.8) is 0 Å². The van der Waals surface area contributed by atoms with Crippen molar-refractivity contribution in [2.45, 2.75) is 31.2 Å². The van der Waals surface area contributed by atoms with E-state index in [0.717, 1.165) is 6.07 Å². The fraction of sp³-hybridized carbons (Fsp3) is 0.524. The predicted molar refractivity (Wildman–Crippen MR) is 115 cm³/mol. The molecule has 9 nitrogen and oxygen atoms in total. The molecule has 15 heteroatoms. The number of rotatable bonds is 4. The van der Waals surface area contributed by atoms with Gasteiger partial charge in [0, 0.05) is 51.3 Å². The van der Waals surface area contributed by atoms with Crippen LogP contribution in [0.3, 0.4) is 0 Å². The number of aromatic amines is 1. The van der Waals surface area contributed by atoms with Crippen LogP contribution in [0, 0.1) is 0 Å². The number of nitrogens with zero attached hydrogens (tertiary/aromatic N) is 5. The van der Waals surface area contributed by atoms with Gasteiger partial charge in [-0.05, 0) is 18.9 Å². The van der Waals surface area contributed by atoms with Crippen molar-refractivity contribution in [3.05, 3.63) is 46.1 Å². The highest BCUT2D eigenvalue weighted by atomic mass is 19.4. The number of anilines is 2. The lowest BCUT2D eigenvalue weighted by atomic mass is 10.2. The first-order chi connectivity index (χ1) is 16.9. The molecule has 2 saturated heterocycles. The van der Waals surface area contributed by atoms with Gasteiger partial charge >= 0.3 is 18.4 Å². The molecule has 1 unspecified atom stereocenters. The monoisotopic (exact) mass is 520 g/mol. The minimum atomic E-state index is -4.79. The molecule has 1 atom stereocenters. The van der Waals surface area contributed by atoms with Crippen LogP contribution in [0.15, 0.2) is 29.5 Å². The van der Waals surface area contributed by atoms with E-state index in [1.807, 2.05) is 0 Å². The highest BCUT2D eigenvalue weighted by Gasteiger charge is 2.36. The summed E-state index contributed by atoms with van der Waals surface area (Å²) in [5.74, 6) is 0.122. The number of piperazine rings is 1. The Labute approximate surface area is 200 Å². The third kappa shape index (κ3) is 5.65. The first-order valence-electron chi connectivity index (χ1n) is 11.1. The topological polar surface area (TPSA) is 94.7 Å². The molecule has 2 fully saturated rings. The van der Waals surface area contributed by atoms with Gasteiger partial charge in [0.25, 0.3) is 5.56 Å². The van der Waals surface area contributed by atoms with Crippen LogP contribution in [-0.2, 0) is 17.1 Å². The van der Waals surface area contributed by atoms with Gasteiger partial charge < -0.3 is 24.4 Å². The molecule has 0 aromatic carbocycles. The van der Waals surface area contributed by atoms with Gasteiger partial charge in [0.05, 0.1) is 17.3 Å². The van der Waals surface area contributed by atoms with E-state index in [4.69, 9.17) is 4.74 Å². The molecule has 1 N–H and O–H groups in total. The van der Waals surface area contributed by atoms with Crippen LogP contribution < -0.4 is 15.4 Å². The number of hydrogen-bond acceptors (Lipinski definition) is 7. The quantitative estimate of drug-likeness (QED) is 0.620. The van der Waals surface area contributed by atoms with E-state index in [-0.39, 0.29) is 50.5 Å². The van der Waals surface area contributed by atoms with Crippen LogP contribution in [0.25, 0.3) is 0 Å². The summed E-state index contributed by atoms with van der Waals surface area (Å²) in [6, 6.07) is 0.435. The molecule has 0 aliphatic carbocycles. The van der Waals surface area contributed by atoms with E-state index in [1.54, 1.807) is 9.80 Å². The van der Waals surface area contributed by atoms with Crippen molar-refractivity contribution >= 4 is 17.7 Å². The summed E-state index contributed by atoms with van der Waals surface area (Å²) in [4.78, 5) is 38.5. The van der Waals surface area contributed by atoms with Gasteiger partial charge in [-0.3, -0.25) is 4.79 Å². The Morgan fingerprint density at radius 2 is 1.69 bits per heavy atom. The fourth-order valence-electron chi connectivity index (χ4n) is 4.18. The number of carbonyl (C=O) groups is 1. The Balaban J connectivity index is 1.30. The van der Waals surface area contributed by atoms with Gasteiger partial charge in [0.2, 0.25) is 5.95 Å². The average molecular weight is 520 g/mol. The maximum absolute atomic E-state index is 13.1. The third-order valence-corrected chi connectivity index (χ3v) is 6.09. The van der Waals surface area contributed by atoms with Crippen LogP contribution in [0.5, 0.6) is 0 Å². The van der Waals surface area contributed by atoms with Gasteiger partial charge in [0.1, 0.15) is 12.2 Å². The molecule has 4 heterocycles. The fourth-order valence-corrected chi connectivity index (χ4v) is 4.18. The summed E-state index contributed by atoms with van der Waals surface area (Å²) in [6.07, 6.45) is -6.05. The maximum atomic E-state index is 13.1. The number of pyridine rings is 1. The molecule has 1 amide bonds. The summed E-state index contributed by atoms with van der Waals surface area (Å²) < 4.78 is 82.7. The minimum Gasteiger partial charge on any atom is -0.447 e. The van der Waals surface area contributed by atoms with Gasteiger partial charge in [-0.2, -0.15) is 26.3 Å². The second-order valence-corrected chi connectivity index (χ2v) is 8.41. The Kier molecular flexibility index (Phi) is 7.00. The van der Waals surface area contributed by atoms with E-state index in [1.165, 1.54) is 11.1 Å². The Bertz CT molecular complexity index is 1130. The van der Waals surface area contributed by atoms with Crippen LogP contribution in [0.2, 0.25) is 0 Å². The van der Waals surface area contributed by atoms with Gasteiger partial charge in [-0.15, -0.1) is 0 Å². The zero-order chi connectivity index (χ0) is 26.1. The first-order valence-corrected chi connectivity index (χ1v) is 11.1. The summed E-state index contributed by atoms with van der Waals surface area (Å²) in [5.41, 5.74) is -3.29. The van der Waals surface area contributed by atoms with Crippen molar-refractivity contribution in [2.75, 3.05) is 49.1 Å². The zero-order valence-electron chi connectivity index (χ0n) is 18.8. The van der Waals surface area contributed by atoms with E-state index in [9.17, 15) is 35.9 Å². The number of aromatic nitrogens is 3. The molecule has 4 rings (SSSR count).